The van der Waals surface area contributed by atoms with E-state index in [0.717, 1.165) is 28.4 Å². The Bertz CT molecular complexity index is 416. The fourth-order valence-electron chi connectivity index (χ4n) is 1.86. The number of rotatable bonds is 3. The first-order valence-corrected chi connectivity index (χ1v) is 6.48. The summed E-state index contributed by atoms with van der Waals surface area (Å²) in [5.41, 5.74) is 1.88. The number of halogens is 1. The van der Waals surface area contributed by atoms with Crippen LogP contribution in [0.15, 0.2) is 22.7 Å². The minimum absolute atomic E-state index is 0.0432. The van der Waals surface area contributed by atoms with E-state index < -0.39 is 0 Å². The molecule has 0 saturated heterocycles. The molecule has 2 unspecified atom stereocenters. The largest absolute Gasteiger partial charge is 0.349 e. The van der Waals surface area contributed by atoms with Crippen LogP contribution in [0.5, 0.6) is 0 Å². The van der Waals surface area contributed by atoms with Crippen molar-refractivity contribution in [1.82, 2.24) is 5.32 Å². The zero-order valence-electron chi connectivity index (χ0n) is 9.59. The first kappa shape index (κ1) is 11.6. The van der Waals surface area contributed by atoms with Crippen molar-refractivity contribution in [3.8, 4) is 0 Å². The van der Waals surface area contributed by atoms with Gasteiger partial charge in [0.15, 0.2) is 0 Å². The molecule has 1 amide bonds. The topological polar surface area (TPSA) is 29.1 Å². The molecule has 1 aromatic rings. The molecule has 1 aromatic carbocycles. The minimum atomic E-state index is 0.0432. The number of carbonyl (C=O) groups is 1. The fraction of sp³-hybridized carbons (Fsp3) is 0.462. The summed E-state index contributed by atoms with van der Waals surface area (Å²) < 4.78 is 0.989. The summed E-state index contributed by atoms with van der Waals surface area (Å²) >= 11 is 3.44. The Morgan fingerprint density at radius 1 is 1.56 bits per heavy atom. The van der Waals surface area contributed by atoms with E-state index in [0.29, 0.717) is 12.0 Å². The average molecular weight is 282 g/mol. The predicted octanol–water partition coefficient (Wildman–Crippen LogP) is 3.29. The molecule has 2 rings (SSSR count). The SMILES string of the molecule is CCC1CC1NC(=O)c1ccc(C)c(Br)c1. The first-order chi connectivity index (χ1) is 7.61. The molecular formula is C13H16BrNO. The lowest BCUT2D eigenvalue weighted by Gasteiger charge is -2.05. The van der Waals surface area contributed by atoms with Crippen LogP contribution in [-0.2, 0) is 0 Å². The average Bonchev–Trinajstić information content (AvgIpc) is 3.00. The molecule has 1 aliphatic rings. The molecule has 86 valence electrons. The van der Waals surface area contributed by atoms with Crippen molar-refractivity contribution >= 4 is 21.8 Å². The third-order valence-electron chi connectivity index (χ3n) is 3.20. The highest BCUT2D eigenvalue weighted by atomic mass is 79.9. The van der Waals surface area contributed by atoms with E-state index in [2.05, 4.69) is 28.2 Å². The second kappa shape index (κ2) is 4.58. The summed E-state index contributed by atoms with van der Waals surface area (Å²) in [4.78, 5) is 11.9. The van der Waals surface area contributed by atoms with Crippen LogP contribution in [0.2, 0.25) is 0 Å². The van der Waals surface area contributed by atoms with E-state index in [1.54, 1.807) is 0 Å². The Morgan fingerprint density at radius 2 is 2.31 bits per heavy atom. The third-order valence-corrected chi connectivity index (χ3v) is 4.05. The van der Waals surface area contributed by atoms with E-state index in [1.807, 2.05) is 25.1 Å². The van der Waals surface area contributed by atoms with Gasteiger partial charge in [0.05, 0.1) is 0 Å². The number of carbonyl (C=O) groups excluding carboxylic acids is 1. The standard InChI is InChI=1S/C13H16BrNO/c1-3-9-7-12(9)15-13(16)10-5-4-8(2)11(14)6-10/h4-6,9,12H,3,7H2,1-2H3,(H,15,16). The van der Waals surface area contributed by atoms with Crippen molar-refractivity contribution in [2.45, 2.75) is 32.7 Å². The summed E-state index contributed by atoms with van der Waals surface area (Å²) in [6.45, 7) is 4.18. The van der Waals surface area contributed by atoms with E-state index in [9.17, 15) is 4.79 Å². The van der Waals surface area contributed by atoms with Gasteiger partial charge in [-0.25, -0.2) is 0 Å². The minimum Gasteiger partial charge on any atom is -0.349 e. The van der Waals surface area contributed by atoms with E-state index in [-0.39, 0.29) is 5.91 Å². The Hall–Kier alpha value is -0.830. The Kier molecular flexibility index (Phi) is 3.33. The van der Waals surface area contributed by atoms with Crippen LogP contribution >= 0.6 is 15.9 Å². The number of hydrogen-bond donors (Lipinski definition) is 1. The molecule has 1 N–H and O–H groups in total. The van der Waals surface area contributed by atoms with E-state index in [1.165, 1.54) is 0 Å². The molecule has 0 spiro atoms. The van der Waals surface area contributed by atoms with Crippen LogP contribution in [0, 0.1) is 12.8 Å². The zero-order chi connectivity index (χ0) is 11.7. The smallest absolute Gasteiger partial charge is 0.251 e. The van der Waals surface area contributed by atoms with Crippen molar-refractivity contribution in [3.63, 3.8) is 0 Å². The maximum absolute atomic E-state index is 11.9. The van der Waals surface area contributed by atoms with E-state index >= 15 is 0 Å². The molecule has 0 heterocycles. The molecule has 1 saturated carbocycles. The quantitative estimate of drug-likeness (QED) is 0.905. The van der Waals surface area contributed by atoms with Gasteiger partial charge in [0, 0.05) is 16.1 Å². The van der Waals surface area contributed by atoms with Crippen LogP contribution in [0.1, 0.15) is 35.7 Å². The molecule has 3 heteroatoms. The molecule has 0 aliphatic heterocycles. The number of benzene rings is 1. The van der Waals surface area contributed by atoms with Crippen LogP contribution < -0.4 is 5.32 Å². The Labute approximate surface area is 105 Å². The highest BCUT2D eigenvalue weighted by molar-refractivity contribution is 9.10. The van der Waals surface area contributed by atoms with Gasteiger partial charge in [0.25, 0.3) is 5.91 Å². The molecule has 0 aromatic heterocycles. The highest BCUT2D eigenvalue weighted by Crippen LogP contribution is 2.33. The zero-order valence-corrected chi connectivity index (χ0v) is 11.2. The van der Waals surface area contributed by atoms with Crippen LogP contribution in [-0.4, -0.2) is 11.9 Å². The molecule has 2 atom stereocenters. The van der Waals surface area contributed by atoms with Gasteiger partial charge < -0.3 is 5.32 Å². The van der Waals surface area contributed by atoms with Crippen LogP contribution in [0.25, 0.3) is 0 Å². The van der Waals surface area contributed by atoms with Gasteiger partial charge in [-0.2, -0.15) is 0 Å². The predicted molar refractivity (Wildman–Crippen MR) is 68.5 cm³/mol. The van der Waals surface area contributed by atoms with Crippen molar-refractivity contribution in [2.75, 3.05) is 0 Å². The molecule has 0 bridgehead atoms. The second-order valence-electron chi connectivity index (χ2n) is 4.45. The summed E-state index contributed by atoms with van der Waals surface area (Å²) in [6, 6.07) is 6.12. The lowest BCUT2D eigenvalue weighted by Crippen LogP contribution is -2.26. The maximum Gasteiger partial charge on any atom is 0.251 e. The Morgan fingerprint density at radius 3 is 2.88 bits per heavy atom. The van der Waals surface area contributed by atoms with Crippen LogP contribution in [0.4, 0.5) is 0 Å². The number of nitrogens with one attached hydrogen (secondary N) is 1. The molecular weight excluding hydrogens is 266 g/mol. The van der Waals surface area contributed by atoms with Crippen molar-refractivity contribution in [3.05, 3.63) is 33.8 Å². The molecule has 0 radical (unpaired) electrons. The van der Waals surface area contributed by atoms with Gasteiger partial charge in [-0.05, 0) is 37.0 Å². The lowest BCUT2D eigenvalue weighted by atomic mass is 10.1. The normalized spacial score (nSPS) is 22.9. The summed E-state index contributed by atoms with van der Waals surface area (Å²) in [5.74, 6) is 0.736. The van der Waals surface area contributed by atoms with Gasteiger partial charge in [-0.1, -0.05) is 35.3 Å². The Balaban J connectivity index is 2.01. The maximum atomic E-state index is 11.9. The molecule has 2 nitrogen and oxygen atoms in total. The first-order valence-electron chi connectivity index (χ1n) is 5.69. The number of amides is 1. The molecule has 1 aliphatic carbocycles. The van der Waals surface area contributed by atoms with Gasteiger partial charge in [0.1, 0.15) is 0 Å². The van der Waals surface area contributed by atoms with Gasteiger partial charge in [-0.3, -0.25) is 4.79 Å². The van der Waals surface area contributed by atoms with Crippen molar-refractivity contribution < 1.29 is 4.79 Å². The molecule has 16 heavy (non-hydrogen) atoms. The second-order valence-corrected chi connectivity index (χ2v) is 5.30. The highest BCUT2D eigenvalue weighted by Gasteiger charge is 2.36. The van der Waals surface area contributed by atoms with Crippen molar-refractivity contribution in [2.24, 2.45) is 5.92 Å². The van der Waals surface area contributed by atoms with Gasteiger partial charge in [0.2, 0.25) is 0 Å². The fourth-order valence-corrected chi connectivity index (χ4v) is 2.24. The third kappa shape index (κ3) is 2.46. The summed E-state index contributed by atoms with van der Waals surface area (Å²) in [5, 5.41) is 3.06. The lowest BCUT2D eigenvalue weighted by molar-refractivity contribution is 0.0949. The number of hydrogen-bond acceptors (Lipinski definition) is 1. The monoisotopic (exact) mass is 281 g/mol. The van der Waals surface area contributed by atoms with Gasteiger partial charge >= 0.3 is 0 Å². The molecule has 1 fully saturated rings. The van der Waals surface area contributed by atoms with Gasteiger partial charge in [-0.15, -0.1) is 0 Å². The van der Waals surface area contributed by atoms with Crippen LogP contribution in [0.3, 0.4) is 0 Å². The van der Waals surface area contributed by atoms with E-state index in [4.69, 9.17) is 0 Å². The summed E-state index contributed by atoms with van der Waals surface area (Å²) in [6.07, 6.45) is 2.29. The number of aryl methyl sites for hydroxylation is 1. The van der Waals surface area contributed by atoms with Crippen molar-refractivity contribution in [1.29, 1.82) is 0 Å². The summed E-state index contributed by atoms with van der Waals surface area (Å²) in [7, 11) is 0.